The number of carbonyl (C=O) groups excluding carboxylic acids is 1. The molecule has 0 radical (unpaired) electrons. The van der Waals surface area contributed by atoms with E-state index in [0.717, 1.165) is 50.6 Å². The number of rotatable bonds is 6. The van der Waals surface area contributed by atoms with E-state index in [1.165, 1.54) is 11.1 Å². The Morgan fingerprint density at radius 3 is 2.29 bits per heavy atom. The minimum Gasteiger partial charge on any atom is -0.496 e. The molecule has 2 fully saturated rings. The second-order valence-electron chi connectivity index (χ2n) is 9.60. The molecule has 1 unspecified atom stereocenters. The number of carbonyl (C=O) groups is 1. The average molecular weight is 471 g/mol. The zero-order valence-corrected chi connectivity index (χ0v) is 20.6. The van der Waals surface area contributed by atoms with Crippen molar-refractivity contribution in [2.24, 2.45) is 0 Å². The molecule has 1 aromatic heterocycles. The summed E-state index contributed by atoms with van der Waals surface area (Å²) >= 11 is 0. The van der Waals surface area contributed by atoms with Crippen LogP contribution >= 0.6 is 0 Å². The van der Waals surface area contributed by atoms with Crippen molar-refractivity contribution >= 4 is 5.91 Å². The van der Waals surface area contributed by atoms with Gasteiger partial charge in [0.2, 0.25) is 5.91 Å². The van der Waals surface area contributed by atoms with E-state index in [0.29, 0.717) is 0 Å². The number of benzene rings is 2. The molecular weight excluding hydrogens is 436 g/mol. The summed E-state index contributed by atoms with van der Waals surface area (Å²) < 4.78 is 5.62. The maximum absolute atomic E-state index is 12.3. The summed E-state index contributed by atoms with van der Waals surface area (Å²) in [7, 11) is 1.71. The third kappa shape index (κ3) is 5.09. The second kappa shape index (κ2) is 10.6. The van der Waals surface area contributed by atoms with Crippen molar-refractivity contribution < 1.29 is 9.53 Å². The standard InChI is InChI=1S/C29H34N4O2/c1-22(34)32-15-16-33-26(20-32)19-31(18-25-17-30-14-13-28(25)35-2)21-27(33)29(23-9-5-3-6-10-23)24-11-7-4-8-12-24/h3-14,17,26-27,29H,15-16,18-21H2,1-2H3/t26-,27?/m1/s1. The number of ether oxygens (including phenoxy) is 1. The minimum atomic E-state index is 0.162. The van der Waals surface area contributed by atoms with Crippen LogP contribution in [0.15, 0.2) is 79.1 Å². The van der Waals surface area contributed by atoms with Crippen molar-refractivity contribution in [3.8, 4) is 5.75 Å². The van der Waals surface area contributed by atoms with E-state index in [1.807, 2.05) is 17.2 Å². The normalized spacial score (nSPS) is 21.1. The summed E-state index contributed by atoms with van der Waals surface area (Å²) in [5.41, 5.74) is 3.76. The minimum absolute atomic E-state index is 0.162. The molecule has 0 bridgehead atoms. The smallest absolute Gasteiger partial charge is 0.219 e. The van der Waals surface area contributed by atoms with Crippen molar-refractivity contribution in [2.75, 3.05) is 39.8 Å². The predicted octanol–water partition coefficient (Wildman–Crippen LogP) is 3.64. The van der Waals surface area contributed by atoms with Crippen LogP contribution < -0.4 is 4.74 Å². The Kier molecular flexibility index (Phi) is 7.11. The van der Waals surface area contributed by atoms with E-state index in [2.05, 4.69) is 75.4 Å². The molecule has 2 aliphatic heterocycles. The fourth-order valence-electron chi connectivity index (χ4n) is 5.85. The summed E-state index contributed by atoms with van der Waals surface area (Å²) in [6, 6.07) is 24.2. The van der Waals surface area contributed by atoms with Gasteiger partial charge >= 0.3 is 0 Å². The topological polar surface area (TPSA) is 48.9 Å². The summed E-state index contributed by atoms with van der Waals surface area (Å²) in [5, 5.41) is 0. The number of fused-ring (bicyclic) bond motifs is 1. The lowest BCUT2D eigenvalue weighted by Gasteiger charge is -2.53. The molecule has 0 saturated carbocycles. The lowest BCUT2D eigenvalue weighted by Crippen LogP contribution is -2.67. The number of methoxy groups -OCH3 is 1. The zero-order chi connectivity index (χ0) is 24.2. The van der Waals surface area contributed by atoms with Crippen molar-refractivity contribution in [3.63, 3.8) is 0 Å². The quantitative estimate of drug-likeness (QED) is 0.551. The Balaban J connectivity index is 1.52. The highest BCUT2D eigenvalue weighted by molar-refractivity contribution is 5.73. The van der Waals surface area contributed by atoms with E-state index in [1.54, 1.807) is 20.2 Å². The first kappa shape index (κ1) is 23.5. The van der Waals surface area contributed by atoms with Crippen molar-refractivity contribution in [1.29, 1.82) is 0 Å². The second-order valence-corrected chi connectivity index (χ2v) is 9.60. The lowest BCUT2D eigenvalue weighted by atomic mass is 9.81. The van der Waals surface area contributed by atoms with Gasteiger partial charge in [-0.25, -0.2) is 0 Å². The van der Waals surface area contributed by atoms with Gasteiger partial charge in [0.15, 0.2) is 0 Å². The Morgan fingerprint density at radius 2 is 1.66 bits per heavy atom. The third-order valence-corrected chi connectivity index (χ3v) is 7.49. The van der Waals surface area contributed by atoms with Crippen LogP contribution in [0.1, 0.15) is 29.5 Å². The molecule has 0 aliphatic carbocycles. The summed E-state index contributed by atoms with van der Waals surface area (Å²) in [4.78, 5) is 23.8. The highest BCUT2D eigenvalue weighted by Gasteiger charge is 2.42. The van der Waals surface area contributed by atoms with E-state index in [4.69, 9.17) is 4.74 Å². The molecule has 6 heteroatoms. The van der Waals surface area contributed by atoms with Crippen LogP contribution in [0.3, 0.4) is 0 Å². The Hall–Kier alpha value is -3.22. The molecule has 6 nitrogen and oxygen atoms in total. The molecule has 1 amide bonds. The van der Waals surface area contributed by atoms with Gasteiger partial charge in [-0.2, -0.15) is 0 Å². The molecule has 182 valence electrons. The fraction of sp³-hybridized carbons (Fsp3) is 0.379. The number of pyridine rings is 1. The van der Waals surface area contributed by atoms with Crippen molar-refractivity contribution in [1.82, 2.24) is 19.7 Å². The van der Waals surface area contributed by atoms with E-state index >= 15 is 0 Å². The third-order valence-electron chi connectivity index (χ3n) is 7.49. The molecule has 0 spiro atoms. The number of piperazine rings is 2. The van der Waals surface area contributed by atoms with Gasteiger partial charge in [-0.1, -0.05) is 60.7 Å². The van der Waals surface area contributed by atoms with Crippen LogP contribution in [-0.2, 0) is 11.3 Å². The number of aromatic nitrogens is 1. The van der Waals surface area contributed by atoms with Gasteiger partial charge in [0.05, 0.1) is 7.11 Å². The number of nitrogens with zero attached hydrogens (tertiary/aromatic N) is 4. The Bertz CT molecular complexity index is 1080. The largest absolute Gasteiger partial charge is 0.496 e. The SMILES string of the molecule is COc1ccncc1CN1CC(C(c2ccccc2)c2ccccc2)N2CCN(C(C)=O)C[C@H]2C1. The summed E-state index contributed by atoms with van der Waals surface area (Å²) in [6.45, 7) is 6.75. The molecule has 5 rings (SSSR count). The first-order chi connectivity index (χ1) is 17.1. The van der Waals surface area contributed by atoms with Gasteiger partial charge in [-0.15, -0.1) is 0 Å². The van der Waals surface area contributed by atoms with Crippen LogP contribution in [0.2, 0.25) is 0 Å². The zero-order valence-electron chi connectivity index (χ0n) is 20.6. The Labute approximate surface area is 208 Å². The summed E-state index contributed by atoms with van der Waals surface area (Å²) in [5.74, 6) is 1.27. The van der Waals surface area contributed by atoms with Gasteiger partial charge in [0.1, 0.15) is 5.75 Å². The molecule has 2 aliphatic rings. The van der Waals surface area contributed by atoms with Crippen LogP contribution in [0.5, 0.6) is 5.75 Å². The van der Waals surface area contributed by atoms with Gasteiger partial charge in [-0.3, -0.25) is 19.6 Å². The lowest BCUT2D eigenvalue weighted by molar-refractivity contribution is -0.134. The maximum atomic E-state index is 12.3. The molecule has 3 aromatic rings. The van der Waals surface area contributed by atoms with Gasteiger partial charge in [-0.05, 0) is 17.2 Å². The van der Waals surface area contributed by atoms with Crippen LogP contribution in [0, 0.1) is 0 Å². The maximum Gasteiger partial charge on any atom is 0.219 e. The summed E-state index contributed by atoms with van der Waals surface area (Å²) in [6.07, 6.45) is 3.69. The monoisotopic (exact) mass is 470 g/mol. The first-order valence-corrected chi connectivity index (χ1v) is 12.4. The molecule has 2 atom stereocenters. The number of hydrogen-bond donors (Lipinski definition) is 0. The first-order valence-electron chi connectivity index (χ1n) is 12.4. The van der Waals surface area contributed by atoms with Gasteiger partial charge in [0, 0.05) is 82.2 Å². The predicted molar refractivity (Wildman–Crippen MR) is 137 cm³/mol. The highest BCUT2D eigenvalue weighted by Crippen LogP contribution is 2.36. The fourth-order valence-corrected chi connectivity index (χ4v) is 5.85. The van der Waals surface area contributed by atoms with Gasteiger partial charge < -0.3 is 9.64 Å². The van der Waals surface area contributed by atoms with Crippen molar-refractivity contribution in [2.45, 2.75) is 31.5 Å². The molecule has 0 N–H and O–H groups in total. The van der Waals surface area contributed by atoms with E-state index in [-0.39, 0.29) is 23.9 Å². The molecule has 2 saturated heterocycles. The van der Waals surface area contributed by atoms with E-state index < -0.39 is 0 Å². The van der Waals surface area contributed by atoms with Crippen LogP contribution in [-0.4, -0.2) is 77.5 Å². The average Bonchev–Trinajstić information content (AvgIpc) is 2.90. The molecule has 3 heterocycles. The molecular formula is C29H34N4O2. The highest BCUT2D eigenvalue weighted by atomic mass is 16.5. The molecule has 2 aromatic carbocycles. The number of hydrogen-bond acceptors (Lipinski definition) is 5. The van der Waals surface area contributed by atoms with E-state index in [9.17, 15) is 4.79 Å². The van der Waals surface area contributed by atoms with Crippen LogP contribution in [0.25, 0.3) is 0 Å². The van der Waals surface area contributed by atoms with Crippen molar-refractivity contribution in [3.05, 3.63) is 95.8 Å². The van der Waals surface area contributed by atoms with Gasteiger partial charge in [0.25, 0.3) is 0 Å². The Morgan fingerprint density at radius 1 is 0.971 bits per heavy atom. The molecule has 35 heavy (non-hydrogen) atoms. The van der Waals surface area contributed by atoms with Crippen LogP contribution in [0.4, 0.5) is 0 Å². The number of amides is 1.